The first-order valence-corrected chi connectivity index (χ1v) is 5.34. The molecule has 1 aromatic rings. The number of benzene rings is 1. The van der Waals surface area contributed by atoms with Crippen LogP contribution in [0.25, 0.3) is 0 Å². The van der Waals surface area contributed by atoms with Gasteiger partial charge in [-0.1, -0.05) is 30.3 Å². The smallest absolute Gasteiger partial charge is 0.311 e. The third kappa shape index (κ3) is 9.22. The summed E-state index contributed by atoms with van der Waals surface area (Å²) in [6.45, 7) is 1.24. The minimum absolute atomic E-state index is 0.312. The van der Waals surface area contributed by atoms with Gasteiger partial charge in [-0.2, -0.15) is 0 Å². The predicted molar refractivity (Wildman–Crippen MR) is 66.0 cm³/mol. The molecular weight excluding hydrogens is 252 g/mol. The largest absolute Gasteiger partial charge is 0.481 e. The first-order chi connectivity index (χ1) is 8.82. The van der Waals surface area contributed by atoms with Crippen LogP contribution in [0.1, 0.15) is 30.1 Å². The average molecular weight is 266 g/mol. The third-order valence-corrected chi connectivity index (χ3v) is 1.81. The fourth-order valence-corrected chi connectivity index (χ4v) is 1.08. The Morgan fingerprint density at radius 1 is 0.895 bits per heavy atom. The van der Waals surface area contributed by atoms with Crippen LogP contribution < -0.4 is 0 Å². The maximum absolute atomic E-state index is 11.1. The molecule has 102 valence electrons. The average Bonchev–Trinajstić information content (AvgIpc) is 2.28. The number of rotatable bonds is 5. The number of carboxylic acids is 2. The molecule has 0 aliphatic rings. The zero-order chi connectivity index (χ0) is 14.8. The third-order valence-electron chi connectivity index (χ3n) is 1.81. The van der Waals surface area contributed by atoms with Crippen molar-refractivity contribution in [2.75, 3.05) is 0 Å². The van der Waals surface area contributed by atoms with Gasteiger partial charge in [0.2, 0.25) is 0 Å². The number of Topliss-reactive ketones (excluding diaryl/α,β-unsaturated/α-hetero) is 2. The van der Waals surface area contributed by atoms with Gasteiger partial charge < -0.3 is 10.2 Å². The van der Waals surface area contributed by atoms with E-state index in [1.807, 2.05) is 0 Å². The fourth-order valence-electron chi connectivity index (χ4n) is 1.08. The monoisotopic (exact) mass is 266 g/mol. The molecule has 0 spiro atoms. The quantitative estimate of drug-likeness (QED) is 0.615. The van der Waals surface area contributed by atoms with Crippen LogP contribution in [0.5, 0.6) is 0 Å². The number of ketones is 2. The van der Waals surface area contributed by atoms with E-state index in [1.165, 1.54) is 6.92 Å². The van der Waals surface area contributed by atoms with Gasteiger partial charge in [0.15, 0.2) is 5.78 Å². The molecule has 0 fully saturated rings. The molecule has 0 aliphatic heterocycles. The van der Waals surface area contributed by atoms with E-state index in [1.54, 1.807) is 30.3 Å². The molecule has 0 atom stereocenters. The first-order valence-electron chi connectivity index (χ1n) is 5.34. The predicted octanol–water partition coefficient (Wildman–Crippen LogP) is 1.39. The number of hydrogen-bond acceptors (Lipinski definition) is 4. The molecule has 0 saturated heterocycles. The van der Waals surface area contributed by atoms with Gasteiger partial charge in [0.1, 0.15) is 18.6 Å². The minimum Gasteiger partial charge on any atom is -0.481 e. The Balaban J connectivity index is 0.000000399. The second-order valence-electron chi connectivity index (χ2n) is 3.63. The molecule has 6 heteroatoms. The van der Waals surface area contributed by atoms with Crippen LogP contribution >= 0.6 is 0 Å². The standard InChI is InChI=1S/C9H8O3.C4H6O3/c10-8(6-9(11)12)7-4-2-1-3-5-7;1-3(5)2-4(6)7/h1-5H,6H2,(H,11,12);2H2,1H3,(H,6,7). The molecule has 0 amide bonds. The Labute approximate surface area is 109 Å². The Morgan fingerprint density at radius 3 is 1.68 bits per heavy atom. The molecule has 6 nitrogen and oxygen atoms in total. The van der Waals surface area contributed by atoms with Crippen molar-refractivity contribution in [3.63, 3.8) is 0 Å². The zero-order valence-electron chi connectivity index (χ0n) is 10.3. The van der Waals surface area contributed by atoms with Crippen molar-refractivity contribution < 1.29 is 29.4 Å². The van der Waals surface area contributed by atoms with E-state index in [0.29, 0.717) is 5.56 Å². The Hall–Kier alpha value is -2.50. The Bertz CT molecular complexity index is 451. The van der Waals surface area contributed by atoms with Gasteiger partial charge in [-0.25, -0.2) is 0 Å². The Morgan fingerprint density at radius 2 is 1.37 bits per heavy atom. The van der Waals surface area contributed by atoms with Gasteiger partial charge in [-0.05, 0) is 6.92 Å². The molecule has 1 aromatic carbocycles. The van der Waals surface area contributed by atoms with Gasteiger partial charge in [0.05, 0.1) is 0 Å². The molecule has 0 unspecified atom stereocenters. The summed E-state index contributed by atoms with van der Waals surface area (Å²) in [7, 11) is 0. The molecule has 0 radical (unpaired) electrons. The maximum atomic E-state index is 11.1. The van der Waals surface area contributed by atoms with E-state index in [0.717, 1.165) is 0 Å². The molecule has 0 aromatic heterocycles. The lowest BCUT2D eigenvalue weighted by atomic mass is 10.1. The van der Waals surface area contributed by atoms with Gasteiger partial charge in [0.25, 0.3) is 0 Å². The van der Waals surface area contributed by atoms with Crippen molar-refractivity contribution in [3.05, 3.63) is 35.9 Å². The van der Waals surface area contributed by atoms with Gasteiger partial charge in [0, 0.05) is 5.56 Å². The number of carbonyl (C=O) groups is 4. The second kappa shape index (κ2) is 8.57. The minimum atomic E-state index is -1.09. The molecule has 0 saturated carbocycles. The van der Waals surface area contributed by atoms with Crippen LogP contribution in [0.2, 0.25) is 0 Å². The Kier molecular flexibility index (Phi) is 7.44. The van der Waals surface area contributed by atoms with Crippen LogP contribution in [0.4, 0.5) is 0 Å². The van der Waals surface area contributed by atoms with E-state index in [-0.39, 0.29) is 18.0 Å². The lowest BCUT2D eigenvalue weighted by molar-refractivity contribution is -0.140. The summed E-state index contributed by atoms with van der Waals surface area (Å²) in [6.07, 6.45) is -0.802. The van der Waals surface area contributed by atoms with Gasteiger partial charge in [-0.15, -0.1) is 0 Å². The molecule has 19 heavy (non-hydrogen) atoms. The van der Waals surface area contributed by atoms with Crippen LogP contribution in [-0.2, 0) is 14.4 Å². The molecule has 0 bridgehead atoms. The lowest BCUT2D eigenvalue weighted by Gasteiger charge is -1.95. The van der Waals surface area contributed by atoms with Crippen LogP contribution in [0.3, 0.4) is 0 Å². The summed E-state index contributed by atoms with van der Waals surface area (Å²) in [6, 6.07) is 8.39. The molecular formula is C13H14O6. The fraction of sp³-hybridized carbons (Fsp3) is 0.231. The SMILES string of the molecule is CC(=O)CC(=O)O.O=C(O)CC(=O)c1ccccc1. The highest BCUT2D eigenvalue weighted by Crippen LogP contribution is 2.02. The summed E-state index contributed by atoms with van der Waals surface area (Å²) >= 11 is 0. The summed E-state index contributed by atoms with van der Waals surface area (Å²) < 4.78 is 0. The van der Waals surface area contributed by atoms with Crippen LogP contribution in [0, 0.1) is 0 Å². The molecule has 0 aliphatic carbocycles. The van der Waals surface area contributed by atoms with Crippen molar-refractivity contribution in [2.24, 2.45) is 0 Å². The van der Waals surface area contributed by atoms with Crippen molar-refractivity contribution in [3.8, 4) is 0 Å². The van der Waals surface area contributed by atoms with Crippen molar-refractivity contribution in [1.29, 1.82) is 0 Å². The number of carboxylic acid groups (broad SMARTS) is 2. The molecule has 1 rings (SSSR count). The van der Waals surface area contributed by atoms with E-state index in [9.17, 15) is 19.2 Å². The highest BCUT2D eigenvalue weighted by Gasteiger charge is 2.08. The highest BCUT2D eigenvalue weighted by atomic mass is 16.4. The summed E-state index contributed by atoms with van der Waals surface area (Å²) in [5.74, 6) is -2.83. The van der Waals surface area contributed by atoms with E-state index >= 15 is 0 Å². The highest BCUT2D eigenvalue weighted by molar-refractivity contribution is 6.05. The van der Waals surface area contributed by atoms with Crippen molar-refractivity contribution in [2.45, 2.75) is 19.8 Å². The van der Waals surface area contributed by atoms with Gasteiger partial charge >= 0.3 is 11.9 Å². The molecule has 2 N–H and O–H groups in total. The normalized spacial score (nSPS) is 8.89. The molecule has 0 heterocycles. The van der Waals surface area contributed by atoms with Gasteiger partial charge in [-0.3, -0.25) is 19.2 Å². The number of aliphatic carboxylic acids is 2. The topological polar surface area (TPSA) is 109 Å². The second-order valence-corrected chi connectivity index (χ2v) is 3.63. The zero-order valence-corrected chi connectivity index (χ0v) is 10.3. The van der Waals surface area contributed by atoms with Crippen LogP contribution in [-0.4, -0.2) is 33.7 Å². The summed E-state index contributed by atoms with van der Waals surface area (Å²) in [5, 5.41) is 16.2. The number of hydrogen-bond donors (Lipinski definition) is 2. The van der Waals surface area contributed by atoms with E-state index < -0.39 is 18.4 Å². The summed E-state index contributed by atoms with van der Waals surface area (Å²) in [5.41, 5.74) is 0.444. The van der Waals surface area contributed by atoms with Crippen LogP contribution in [0.15, 0.2) is 30.3 Å². The summed E-state index contributed by atoms with van der Waals surface area (Å²) in [4.78, 5) is 40.7. The first kappa shape index (κ1) is 16.5. The lowest BCUT2D eigenvalue weighted by Crippen LogP contribution is -2.06. The van der Waals surface area contributed by atoms with E-state index in [4.69, 9.17) is 10.2 Å². The maximum Gasteiger partial charge on any atom is 0.311 e. The van der Waals surface area contributed by atoms with Crippen molar-refractivity contribution >= 4 is 23.5 Å². The number of carbonyl (C=O) groups excluding carboxylic acids is 2. The van der Waals surface area contributed by atoms with E-state index in [2.05, 4.69) is 0 Å². The van der Waals surface area contributed by atoms with Crippen molar-refractivity contribution in [1.82, 2.24) is 0 Å².